The van der Waals surface area contributed by atoms with Gasteiger partial charge in [-0.25, -0.2) is 0 Å². The maximum atomic E-state index is 5.77. The molecule has 1 fully saturated rings. The Morgan fingerprint density at radius 1 is 1.21 bits per heavy atom. The van der Waals surface area contributed by atoms with Crippen LogP contribution in [0, 0.1) is 11.8 Å². The van der Waals surface area contributed by atoms with E-state index in [9.17, 15) is 0 Å². The van der Waals surface area contributed by atoms with Gasteiger partial charge in [-0.2, -0.15) is 0 Å². The van der Waals surface area contributed by atoms with Crippen molar-refractivity contribution in [3.8, 4) is 0 Å². The minimum Gasteiger partial charge on any atom is -0.271 e. The van der Waals surface area contributed by atoms with Gasteiger partial charge in [-0.15, -0.1) is 11.8 Å². The van der Waals surface area contributed by atoms with Crippen molar-refractivity contribution in [2.75, 3.05) is 5.75 Å². The lowest BCUT2D eigenvalue weighted by atomic mass is 9.78. The van der Waals surface area contributed by atoms with Crippen molar-refractivity contribution in [1.82, 2.24) is 5.43 Å². The zero-order valence-corrected chi connectivity index (χ0v) is 12.7. The van der Waals surface area contributed by atoms with Gasteiger partial charge in [-0.3, -0.25) is 11.3 Å². The maximum absolute atomic E-state index is 5.77. The standard InChI is InChI=1S/C16H26N2S/c1-2-13-8-10-14(11-9-13)16(18-17)12-19-15-6-4-3-5-7-15/h3-7,13-14,16,18H,2,8-12,17H2,1H3. The molecule has 1 aliphatic carbocycles. The van der Waals surface area contributed by atoms with Gasteiger partial charge in [0.1, 0.15) is 0 Å². The summed E-state index contributed by atoms with van der Waals surface area (Å²) in [6.45, 7) is 2.31. The maximum Gasteiger partial charge on any atom is 0.0332 e. The molecular weight excluding hydrogens is 252 g/mol. The fourth-order valence-corrected chi connectivity index (χ4v) is 4.11. The third kappa shape index (κ3) is 4.51. The third-order valence-corrected chi connectivity index (χ3v) is 5.56. The lowest BCUT2D eigenvalue weighted by molar-refractivity contribution is 0.228. The molecule has 0 aromatic heterocycles. The highest BCUT2D eigenvalue weighted by Gasteiger charge is 2.26. The highest BCUT2D eigenvalue weighted by atomic mass is 32.2. The Morgan fingerprint density at radius 3 is 2.47 bits per heavy atom. The van der Waals surface area contributed by atoms with E-state index >= 15 is 0 Å². The van der Waals surface area contributed by atoms with Crippen LogP contribution in [0.25, 0.3) is 0 Å². The van der Waals surface area contributed by atoms with Crippen molar-refractivity contribution in [3.63, 3.8) is 0 Å². The van der Waals surface area contributed by atoms with E-state index in [1.807, 2.05) is 11.8 Å². The summed E-state index contributed by atoms with van der Waals surface area (Å²) in [4.78, 5) is 1.34. The first-order chi connectivity index (χ1) is 9.33. The van der Waals surface area contributed by atoms with Gasteiger partial charge in [0.2, 0.25) is 0 Å². The van der Waals surface area contributed by atoms with Crippen LogP contribution in [0.2, 0.25) is 0 Å². The summed E-state index contributed by atoms with van der Waals surface area (Å²) in [5.41, 5.74) is 3.05. The molecule has 3 N–H and O–H groups in total. The topological polar surface area (TPSA) is 38.0 Å². The van der Waals surface area contributed by atoms with E-state index in [-0.39, 0.29) is 0 Å². The fraction of sp³-hybridized carbons (Fsp3) is 0.625. The van der Waals surface area contributed by atoms with Crippen LogP contribution in [0.15, 0.2) is 35.2 Å². The van der Waals surface area contributed by atoms with Crippen molar-refractivity contribution in [2.24, 2.45) is 17.7 Å². The smallest absolute Gasteiger partial charge is 0.0332 e. The van der Waals surface area contributed by atoms with Crippen LogP contribution in [-0.2, 0) is 0 Å². The normalized spacial score (nSPS) is 25.2. The van der Waals surface area contributed by atoms with Gasteiger partial charge in [0, 0.05) is 16.7 Å². The molecule has 1 saturated carbocycles. The highest BCUT2D eigenvalue weighted by Crippen LogP contribution is 2.33. The van der Waals surface area contributed by atoms with Crippen LogP contribution >= 0.6 is 11.8 Å². The summed E-state index contributed by atoms with van der Waals surface area (Å²) < 4.78 is 0. The molecule has 1 atom stereocenters. The molecule has 2 rings (SSSR count). The highest BCUT2D eigenvalue weighted by molar-refractivity contribution is 7.99. The molecule has 2 nitrogen and oxygen atoms in total. The Kier molecular flexibility index (Phi) is 6.21. The average Bonchev–Trinajstić information content (AvgIpc) is 2.49. The molecule has 0 bridgehead atoms. The molecule has 0 spiro atoms. The largest absolute Gasteiger partial charge is 0.271 e. The van der Waals surface area contributed by atoms with Gasteiger partial charge in [0.05, 0.1) is 0 Å². The van der Waals surface area contributed by atoms with Gasteiger partial charge in [0.25, 0.3) is 0 Å². The number of hydrazine groups is 1. The molecule has 1 aromatic rings. The van der Waals surface area contributed by atoms with Crippen LogP contribution < -0.4 is 11.3 Å². The Bertz CT molecular complexity index is 347. The lowest BCUT2D eigenvalue weighted by Gasteiger charge is -2.33. The van der Waals surface area contributed by atoms with Gasteiger partial charge < -0.3 is 0 Å². The first-order valence-corrected chi connectivity index (χ1v) is 8.46. The monoisotopic (exact) mass is 278 g/mol. The molecule has 1 unspecified atom stereocenters. The molecule has 1 aliphatic rings. The second kappa shape index (κ2) is 7.93. The third-order valence-electron chi connectivity index (χ3n) is 4.42. The summed E-state index contributed by atoms with van der Waals surface area (Å²) >= 11 is 1.91. The van der Waals surface area contributed by atoms with E-state index in [0.29, 0.717) is 6.04 Å². The van der Waals surface area contributed by atoms with Crippen LogP contribution in [0.1, 0.15) is 39.0 Å². The number of nitrogens with one attached hydrogen (secondary N) is 1. The number of hydrogen-bond donors (Lipinski definition) is 2. The van der Waals surface area contributed by atoms with Gasteiger partial charge >= 0.3 is 0 Å². The molecular formula is C16H26N2S. The van der Waals surface area contributed by atoms with Crippen LogP contribution in [-0.4, -0.2) is 11.8 Å². The van der Waals surface area contributed by atoms with Crippen LogP contribution in [0.4, 0.5) is 0 Å². The van der Waals surface area contributed by atoms with E-state index in [2.05, 4.69) is 42.7 Å². The summed E-state index contributed by atoms with van der Waals surface area (Å²) in [5.74, 6) is 8.55. The number of benzene rings is 1. The number of thioether (sulfide) groups is 1. The summed E-state index contributed by atoms with van der Waals surface area (Å²) in [7, 11) is 0. The second-order valence-electron chi connectivity index (χ2n) is 5.59. The molecule has 19 heavy (non-hydrogen) atoms. The van der Waals surface area contributed by atoms with E-state index in [1.165, 1.54) is 37.0 Å². The summed E-state index contributed by atoms with van der Waals surface area (Å²) in [6, 6.07) is 11.1. The number of rotatable bonds is 6. The molecule has 0 aliphatic heterocycles. The van der Waals surface area contributed by atoms with Crippen molar-refractivity contribution in [3.05, 3.63) is 30.3 Å². The zero-order chi connectivity index (χ0) is 13.5. The predicted octanol–water partition coefficient (Wildman–Crippen LogP) is 3.83. The molecule has 0 radical (unpaired) electrons. The quantitative estimate of drug-likeness (QED) is 0.472. The zero-order valence-electron chi connectivity index (χ0n) is 11.8. The van der Waals surface area contributed by atoms with Gasteiger partial charge in [0.15, 0.2) is 0 Å². The summed E-state index contributed by atoms with van der Waals surface area (Å²) in [6.07, 6.45) is 6.78. The molecule has 0 heterocycles. The Hall–Kier alpha value is -0.510. The SMILES string of the molecule is CCC1CCC(C(CSc2ccccc2)NN)CC1. The van der Waals surface area contributed by atoms with Crippen LogP contribution in [0.3, 0.4) is 0 Å². The van der Waals surface area contributed by atoms with E-state index in [0.717, 1.165) is 17.6 Å². The molecule has 106 valence electrons. The molecule has 3 heteroatoms. The number of hydrogen-bond acceptors (Lipinski definition) is 3. The minimum atomic E-state index is 0.447. The predicted molar refractivity (Wildman–Crippen MR) is 84.0 cm³/mol. The van der Waals surface area contributed by atoms with Crippen LogP contribution in [0.5, 0.6) is 0 Å². The lowest BCUT2D eigenvalue weighted by Crippen LogP contribution is -2.44. The Balaban J connectivity index is 1.80. The van der Waals surface area contributed by atoms with E-state index in [1.54, 1.807) is 0 Å². The second-order valence-corrected chi connectivity index (χ2v) is 6.68. The van der Waals surface area contributed by atoms with E-state index in [4.69, 9.17) is 5.84 Å². The molecule has 0 amide bonds. The average molecular weight is 278 g/mol. The number of nitrogens with two attached hydrogens (primary N) is 1. The van der Waals surface area contributed by atoms with Gasteiger partial charge in [-0.05, 0) is 36.8 Å². The van der Waals surface area contributed by atoms with E-state index < -0.39 is 0 Å². The fourth-order valence-electron chi connectivity index (χ4n) is 3.02. The first-order valence-electron chi connectivity index (χ1n) is 7.47. The Labute approximate surface area is 121 Å². The summed E-state index contributed by atoms with van der Waals surface area (Å²) in [5, 5.41) is 0. The van der Waals surface area contributed by atoms with Gasteiger partial charge in [-0.1, -0.05) is 44.4 Å². The first kappa shape index (κ1) is 14.9. The van der Waals surface area contributed by atoms with Crippen molar-refractivity contribution < 1.29 is 0 Å². The van der Waals surface area contributed by atoms with Crippen molar-refractivity contribution >= 4 is 11.8 Å². The van der Waals surface area contributed by atoms with Crippen molar-refractivity contribution in [2.45, 2.75) is 50.0 Å². The van der Waals surface area contributed by atoms with Crippen molar-refractivity contribution in [1.29, 1.82) is 0 Å². The minimum absolute atomic E-state index is 0.447. The molecule has 0 saturated heterocycles. The molecule has 1 aromatic carbocycles. The Morgan fingerprint density at radius 2 is 1.89 bits per heavy atom.